The molecule has 0 saturated carbocycles. The van der Waals surface area contributed by atoms with E-state index in [-0.39, 0.29) is 52.4 Å². The fourth-order valence-corrected chi connectivity index (χ4v) is 8.70. The van der Waals surface area contributed by atoms with E-state index in [1.807, 2.05) is 85.8 Å². The van der Waals surface area contributed by atoms with Crippen LogP contribution in [0.2, 0.25) is 0 Å². The third-order valence-electron chi connectivity index (χ3n) is 12.3. The Hall–Kier alpha value is -6.20. The predicted molar refractivity (Wildman–Crippen MR) is 290 cm³/mol. The monoisotopic (exact) mass is 1330 g/mol. The predicted octanol–water partition coefficient (Wildman–Crippen LogP) is 15.3. The molecule has 8 rings (SSSR count). The minimum Gasteiger partial charge on any atom is -0.393 e. The maximum atomic E-state index is 8.56. The number of aryl methyl sites for hydroxylation is 2. The first-order valence-electron chi connectivity index (χ1n) is 24.5. The Kier molecular flexibility index (Phi) is 22.1. The van der Waals surface area contributed by atoms with Crippen LogP contribution in [0, 0.1) is 33.1 Å². The van der Waals surface area contributed by atoms with Crippen LogP contribution in [-0.4, -0.2) is 51.9 Å². The van der Waals surface area contributed by atoms with Gasteiger partial charge in [-0.1, -0.05) is 146 Å². The van der Waals surface area contributed by atoms with E-state index in [1.165, 1.54) is 22.3 Å². The van der Waals surface area contributed by atoms with E-state index in [2.05, 4.69) is 156 Å². The summed E-state index contributed by atoms with van der Waals surface area (Å²) in [6.45, 7) is 40.2. The fraction of sp³-hybridized carbons (Fsp3) is 0.311. The molecule has 2 atom stereocenters. The molecule has 2 unspecified atom stereocenters. The molecule has 2 heterocycles. The topological polar surface area (TPSA) is 111 Å². The smallest absolute Gasteiger partial charge is 0.187 e. The molecule has 73 heavy (non-hydrogen) atoms. The Balaban J connectivity index is 0.000000273. The second-order valence-corrected chi connectivity index (χ2v) is 19.4. The molecule has 2 radical (unpaired) electrons. The number of aromatic nitrogens is 6. The van der Waals surface area contributed by atoms with Gasteiger partial charge in [-0.05, 0) is 103 Å². The summed E-state index contributed by atoms with van der Waals surface area (Å²) in [5.41, 5.74) is 14.3. The molecule has 6 aromatic carbocycles. The van der Waals surface area contributed by atoms with Crippen LogP contribution in [0.25, 0.3) is 66.6 Å². The summed E-state index contributed by atoms with van der Waals surface area (Å²) in [6.07, 6.45) is -0.278. The third-order valence-corrected chi connectivity index (χ3v) is 12.3. The van der Waals surface area contributed by atoms with E-state index >= 15 is 0 Å². The number of aliphatic hydroxyl groups excluding tert-OH is 2. The van der Waals surface area contributed by atoms with Gasteiger partial charge in [0.1, 0.15) is 0 Å². The van der Waals surface area contributed by atoms with Crippen molar-refractivity contribution in [2.45, 2.75) is 125 Å². The average Bonchev–Trinajstić information content (AvgIpc) is 4.00. The molecule has 0 amide bonds. The van der Waals surface area contributed by atoms with Crippen LogP contribution >= 0.6 is 0 Å². The second kappa shape index (κ2) is 27.2. The van der Waals surface area contributed by atoms with Gasteiger partial charge >= 0.3 is 0 Å². The molecule has 382 valence electrons. The van der Waals surface area contributed by atoms with Gasteiger partial charge in [0.05, 0.1) is 36.9 Å². The zero-order valence-corrected chi connectivity index (χ0v) is 48.7. The quantitative estimate of drug-likeness (QED) is 0.118. The van der Waals surface area contributed by atoms with E-state index in [1.54, 1.807) is 13.8 Å². The number of para-hydroxylation sites is 2. The van der Waals surface area contributed by atoms with Gasteiger partial charge in [0.2, 0.25) is 0 Å². The molecule has 0 aliphatic carbocycles. The van der Waals surface area contributed by atoms with Gasteiger partial charge in [0.25, 0.3) is 0 Å². The second-order valence-electron chi connectivity index (χ2n) is 19.4. The molecule has 0 fully saturated rings. The number of hydrogen-bond acceptors (Lipinski definition) is 6. The number of rotatable bonds is 12. The number of hydrogen-bond donors (Lipinski definition) is 2. The maximum absolute atomic E-state index is 8.56. The molecule has 0 spiro atoms. The van der Waals surface area contributed by atoms with E-state index in [0.717, 1.165) is 68.1 Å². The van der Waals surface area contributed by atoms with Gasteiger partial charge in [-0.3, -0.25) is 4.57 Å². The minimum absolute atomic E-state index is 0. The van der Waals surface area contributed by atoms with Crippen molar-refractivity contribution in [1.82, 2.24) is 29.5 Å². The van der Waals surface area contributed by atoms with Crippen molar-refractivity contribution >= 4 is 11.4 Å². The van der Waals surface area contributed by atoms with E-state index in [4.69, 9.17) is 23.4 Å². The van der Waals surface area contributed by atoms with Gasteiger partial charge in [0, 0.05) is 62.6 Å². The van der Waals surface area contributed by atoms with Crippen LogP contribution in [-0.2, 0) is 40.2 Å². The first-order chi connectivity index (χ1) is 34.0. The summed E-state index contributed by atoms with van der Waals surface area (Å²) < 4.78 is 4.38. The van der Waals surface area contributed by atoms with Crippen molar-refractivity contribution in [3.05, 3.63) is 190 Å². The van der Waals surface area contributed by atoms with E-state index in [9.17, 15) is 0 Å². The summed E-state index contributed by atoms with van der Waals surface area (Å²) in [4.78, 5) is 7.29. The molecule has 12 heteroatoms. The zero-order chi connectivity index (χ0) is 51.5. The van der Waals surface area contributed by atoms with Crippen molar-refractivity contribution in [2.24, 2.45) is 0 Å². The number of aliphatic hydroxyl groups is 2. The minimum atomic E-state index is -0.375. The molecule has 10 nitrogen and oxygen atoms in total. The van der Waals surface area contributed by atoms with E-state index in [0.29, 0.717) is 41.5 Å². The van der Waals surface area contributed by atoms with E-state index < -0.39 is 0 Å². The third kappa shape index (κ3) is 14.1. The Labute approximate surface area is 460 Å². The van der Waals surface area contributed by atoms with Crippen LogP contribution in [0.3, 0.4) is 0 Å². The van der Waals surface area contributed by atoms with Gasteiger partial charge in [-0.15, -0.1) is 51.2 Å². The van der Waals surface area contributed by atoms with Crippen LogP contribution in [0.1, 0.15) is 133 Å². The first-order valence-corrected chi connectivity index (χ1v) is 24.5. The molecule has 0 bridgehead atoms. The Bertz CT molecular complexity index is 2880. The first kappa shape index (κ1) is 59.4. The molecular weight excluding hydrogens is 1260 g/mol. The molecule has 0 aliphatic rings. The molecule has 2 aromatic heterocycles. The molecule has 0 saturated heterocycles. The standard InChI is InChI=1S/C28H28N4.C28H27N4.C5H12O2.2Ir/c2*1-18(2)23-13-10-14-24(19(3)4)26(23)32-27(21-11-8-7-9-12-21)30-31-28(32)25-17-22(29-6)16-15-20(25)5;1-4(6)3-5(2)7;;/h7-19H,1-5H3;7-11,13-19H,1-5H3;4-7H,3H2,1-2H3;;/q;-1;;;. The fourth-order valence-electron chi connectivity index (χ4n) is 8.70. The van der Waals surface area contributed by atoms with Crippen molar-refractivity contribution < 1.29 is 50.4 Å². The summed E-state index contributed by atoms with van der Waals surface area (Å²) in [5, 5.41) is 35.8. The van der Waals surface area contributed by atoms with Crippen molar-refractivity contribution in [2.75, 3.05) is 0 Å². The molecule has 8 aromatic rings. The largest absolute Gasteiger partial charge is 0.393 e. The summed E-state index contributed by atoms with van der Waals surface area (Å²) >= 11 is 0. The van der Waals surface area contributed by atoms with Gasteiger partial charge < -0.3 is 14.8 Å². The molecule has 2 N–H and O–H groups in total. The number of benzene rings is 6. The van der Waals surface area contributed by atoms with Gasteiger partial charge in [-0.25, -0.2) is 9.69 Å². The van der Waals surface area contributed by atoms with Crippen LogP contribution in [0.15, 0.2) is 127 Å². The Morgan fingerprint density at radius 1 is 0.479 bits per heavy atom. The van der Waals surface area contributed by atoms with Gasteiger partial charge in [0.15, 0.2) is 28.8 Å². The van der Waals surface area contributed by atoms with Crippen LogP contribution in [0.5, 0.6) is 0 Å². The normalized spacial score (nSPS) is 11.6. The zero-order valence-electron chi connectivity index (χ0n) is 43.9. The molecular formula is C61H67Ir2N8O2-. The van der Waals surface area contributed by atoms with Crippen LogP contribution < -0.4 is 0 Å². The van der Waals surface area contributed by atoms with Crippen molar-refractivity contribution in [3.63, 3.8) is 0 Å². The number of nitrogens with zero attached hydrogens (tertiary/aromatic N) is 8. The Morgan fingerprint density at radius 3 is 1.22 bits per heavy atom. The summed E-state index contributed by atoms with van der Waals surface area (Å²) in [6, 6.07) is 45.9. The van der Waals surface area contributed by atoms with Crippen molar-refractivity contribution in [1.29, 1.82) is 0 Å². The maximum Gasteiger partial charge on any atom is 0.187 e. The average molecular weight is 1330 g/mol. The van der Waals surface area contributed by atoms with Crippen molar-refractivity contribution in [3.8, 4) is 56.9 Å². The Morgan fingerprint density at radius 2 is 0.863 bits per heavy atom. The van der Waals surface area contributed by atoms with Crippen LogP contribution in [0.4, 0.5) is 11.4 Å². The summed E-state index contributed by atoms with van der Waals surface area (Å²) in [5.74, 6) is 4.38. The molecule has 0 aliphatic heterocycles. The summed E-state index contributed by atoms with van der Waals surface area (Å²) in [7, 11) is 0. The SMILES string of the molecule is CC(O)CC(C)O.[C-]#[N+]c1ccc(C)c(-c2nnc(-c3[c-]cccc3)n2-c2c(C(C)C)cccc2C(C)C)c1.[C-]#[N+]c1ccc(C)c(-c2nnc(-c3ccccc3)n2-c2c(C(C)C)cccc2C(C)C)c1.[Ir].[Ir]. The van der Waals surface area contributed by atoms with Gasteiger partial charge in [-0.2, -0.15) is 5.10 Å².